The number of rotatable bonds is 5. The second kappa shape index (κ2) is 6.06. The number of hydrogen-bond donors (Lipinski definition) is 1. The van der Waals surface area contributed by atoms with Crippen LogP contribution < -0.4 is 5.32 Å². The molecule has 1 aromatic carbocycles. The summed E-state index contributed by atoms with van der Waals surface area (Å²) in [6.45, 7) is 0. The van der Waals surface area contributed by atoms with Crippen molar-refractivity contribution < 1.29 is 13.8 Å². The van der Waals surface area contributed by atoms with Crippen LogP contribution >= 0.6 is 11.3 Å². The van der Waals surface area contributed by atoms with Gasteiger partial charge in [0.05, 0.1) is 12.1 Å². The van der Waals surface area contributed by atoms with Gasteiger partial charge >= 0.3 is 0 Å². The second-order valence-electron chi connectivity index (χ2n) is 6.25. The van der Waals surface area contributed by atoms with Crippen molar-refractivity contribution in [1.82, 2.24) is 15.3 Å². The highest BCUT2D eigenvalue weighted by atomic mass is 32.1. The van der Waals surface area contributed by atoms with Gasteiger partial charge in [0.1, 0.15) is 10.6 Å². The molecular weight excluding hydrogens is 352 g/mol. The van der Waals surface area contributed by atoms with Gasteiger partial charge in [-0.1, -0.05) is 22.4 Å². The average Bonchev–Trinajstić information content (AvgIpc) is 3.05. The first-order chi connectivity index (χ1) is 12.8. The smallest absolute Gasteiger partial charge is 0.270 e. The van der Waals surface area contributed by atoms with E-state index < -0.39 is 0 Å². The molecule has 130 valence electrons. The van der Waals surface area contributed by atoms with Crippen molar-refractivity contribution in [3.8, 4) is 10.8 Å². The zero-order chi connectivity index (χ0) is 17.5. The number of amides is 1. The number of carbonyl (C=O) groups excluding carboxylic acids is 1. The van der Waals surface area contributed by atoms with Gasteiger partial charge in [0.2, 0.25) is 5.91 Å². The molecule has 5 rings (SSSR count). The molecular formula is C18H14N4O3S. The molecule has 0 saturated heterocycles. The van der Waals surface area contributed by atoms with E-state index in [1.54, 1.807) is 0 Å². The molecule has 4 aromatic rings. The van der Waals surface area contributed by atoms with Crippen LogP contribution in [0.5, 0.6) is 0 Å². The Balaban J connectivity index is 1.34. The Bertz CT molecular complexity index is 1090. The number of hydrogen-bond acceptors (Lipinski definition) is 7. The van der Waals surface area contributed by atoms with Gasteiger partial charge in [0, 0.05) is 11.3 Å². The summed E-state index contributed by atoms with van der Waals surface area (Å²) in [6, 6.07) is 9.32. The van der Waals surface area contributed by atoms with Gasteiger partial charge in [-0.25, -0.2) is 0 Å². The molecule has 1 aliphatic rings. The monoisotopic (exact) mass is 366 g/mol. The third-order valence-electron chi connectivity index (χ3n) is 4.30. The van der Waals surface area contributed by atoms with Gasteiger partial charge in [-0.15, -0.1) is 11.3 Å². The van der Waals surface area contributed by atoms with E-state index in [4.69, 9.17) is 9.05 Å². The van der Waals surface area contributed by atoms with Gasteiger partial charge in [-0.05, 0) is 36.4 Å². The number of carbonyl (C=O) groups is 1. The molecule has 0 radical (unpaired) electrons. The van der Waals surface area contributed by atoms with E-state index in [9.17, 15) is 4.79 Å². The summed E-state index contributed by atoms with van der Waals surface area (Å²) in [5.74, 6) is 1.44. The zero-order valence-corrected chi connectivity index (χ0v) is 14.5. The van der Waals surface area contributed by atoms with Crippen molar-refractivity contribution in [3.05, 3.63) is 47.2 Å². The fourth-order valence-electron chi connectivity index (χ4n) is 2.82. The molecule has 1 aliphatic carbocycles. The number of benzene rings is 1. The Labute approximate surface area is 152 Å². The molecule has 1 amide bonds. The third-order valence-corrected chi connectivity index (χ3v) is 5.20. The van der Waals surface area contributed by atoms with Crippen LogP contribution in [-0.4, -0.2) is 21.2 Å². The maximum Gasteiger partial charge on any atom is 0.270 e. The fraction of sp³-hybridized carbons (Fsp3) is 0.222. The molecule has 0 unspecified atom stereocenters. The van der Waals surface area contributed by atoms with Crippen molar-refractivity contribution in [2.75, 3.05) is 5.32 Å². The summed E-state index contributed by atoms with van der Waals surface area (Å²) >= 11 is 1.46. The number of thiophene rings is 1. The van der Waals surface area contributed by atoms with E-state index in [-0.39, 0.29) is 12.3 Å². The predicted molar refractivity (Wildman–Crippen MR) is 95.9 cm³/mol. The summed E-state index contributed by atoms with van der Waals surface area (Å²) < 4.78 is 10.6. The van der Waals surface area contributed by atoms with Gasteiger partial charge in [0.15, 0.2) is 11.4 Å². The maximum atomic E-state index is 12.5. The first kappa shape index (κ1) is 15.3. The van der Waals surface area contributed by atoms with Crippen LogP contribution in [0.4, 0.5) is 5.69 Å². The van der Waals surface area contributed by atoms with E-state index in [2.05, 4.69) is 20.6 Å². The van der Waals surface area contributed by atoms with E-state index in [1.165, 1.54) is 11.3 Å². The van der Waals surface area contributed by atoms with Crippen molar-refractivity contribution in [3.63, 3.8) is 0 Å². The number of nitrogens with zero attached hydrogens (tertiary/aromatic N) is 3. The van der Waals surface area contributed by atoms with Crippen LogP contribution in [0.15, 0.2) is 44.8 Å². The lowest BCUT2D eigenvalue weighted by molar-refractivity contribution is -0.115. The maximum absolute atomic E-state index is 12.5. The minimum absolute atomic E-state index is 0.128. The largest absolute Gasteiger partial charge is 0.356 e. The minimum atomic E-state index is -0.175. The van der Waals surface area contributed by atoms with Crippen molar-refractivity contribution >= 4 is 33.9 Å². The highest BCUT2D eigenvalue weighted by Crippen LogP contribution is 2.40. The molecule has 3 aromatic heterocycles. The summed E-state index contributed by atoms with van der Waals surface area (Å²) in [5.41, 5.74) is 1.95. The first-order valence-electron chi connectivity index (χ1n) is 8.32. The van der Waals surface area contributed by atoms with E-state index in [0.717, 1.165) is 28.9 Å². The van der Waals surface area contributed by atoms with Crippen LogP contribution in [0.3, 0.4) is 0 Å². The highest BCUT2D eigenvalue weighted by molar-refractivity contribution is 7.14. The topological polar surface area (TPSA) is 94.1 Å². The lowest BCUT2D eigenvalue weighted by atomic mass is 10.1. The molecule has 8 heteroatoms. The van der Waals surface area contributed by atoms with E-state index in [0.29, 0.717) is 28.8 Å². The van der Waals surface area contributed by atoms with E-state index >= 15 is 0 Å². The van der Waals surface area contributed by atoms with Crippen LogP contribution in [0, 0.1) is 0 Å². The quantitative estimate of drug-likeness (QED) is 0.574. The molecule has 3 heterocycles. The minimum Gasteiger partial charge on any atom is -0.356 e. The summed E-state index contributed by atoms with van der Waals surface area (Å²) in [7, 11) is 0. The number of nitrogens with one attached hydrogen (secondary N) is 1. The second-order valence-corrected chi connectivity index (χ2v) is 7.16. The molecule has 0 atom stereocenters. The molecule has 1 N–H and O–H groups in total. The fourth-order valence-corrected chi connectivity index (χ4v) is 3.59. The number of para-hydroxylation sites is 1. The van der Waals surface area contributed by atoms with Crippen LogP contribution in [0.25, 0.3) is 21.7 Å². The molecule has 7 nitrogen and oxygen atoms in total. The van der Waals surface area contributed by atoms with Gasteiger partial charge in [0.25, 0.3) is 5.89 Å². The van der Waals surface area contributed by atoms with Gasteiger partial charge < -0.3 is 14.4 Å². The molecule has 1 fully saturated rings. The Hall–Kier alpha value is -3.00. The molecule has 0 aliphatic heterocycles. The van der Waals surface area contributed by atoms with Crippen LogP contribution in [0.2, 0.25) is 0 Å². The van der Waals surface area contributed by atoms with Crippen molar-refractivity contribution in [2.45, 2.75) is 25.2 Å². The van der Waals surface area contributed by atoms with Gasteiger partial charge in [-0.2, -0.15) is 4.98 Å². The molecule has 26 heavy (non-hydrogen) atoms. The van der Waals surface area contributed by atoms with E-state index in [1.807, 2.05) is 35.7 Å². The summed E-state index contributed by atoms with van der Waals surface area (Å²) in [4.78, 5) is 17.7. The van der Waals surface area contributed by atoms with Crippen LogP contribution in [-0.2, 0) is 11.2 Å². The zero-order valence-electron chi connectivity index (χ0n) is 13.6. The lowest BCUT2D eigenvalue weighted by Crippen LogP contribution is -2.14. The third kappa shape index (κ3) is 2.78. The first-order valence-corrected chi connectivity index (χ1v) is 9.20. The molecule has 0 bridgehead atoms. The lowest BCUT2D eigenvalue weighted by Gasteiger charge is -2.03. The average molecular weight is 366 g/mol. The van der Waals surface area contributed by atoms with Crippen molar-refractivity contribution in [1.29, 1.82) is 0 Å². The molecule has 0 spiro atoms. The highest BCUT2D eigenvalue weighted by Gasteiger charge is 2.29. The summed E-state index contributed by atoms with van der Waals surface area (Å²) in [5, 5.41) is 13.7. The standard InChI is InChI=1S/C18H14N4O3S/c23-15(9-13-11-3-1-2-4-14(11)24-21-13)19-12-7-8-26-16(12)18-20-17(22-25-18)10-5-6-10/h1-4,7-8,10H,5-6,9H2,(H,19,23). The number of aromatic nitrogens is 3. The normalized spacial score (nSPS) is 14.0. The van der Waals surface area contributed by atoms with Crippen LogP contribution in [0.1, 0.15) is 30.3 Å². The number of anilines is 1. The SMILES string of the molecule is O=C(Cc1noc2ccccc12)Nc1ccsc1-c1nc(C2CC2)no1. The Morgan fingerprint density at radius 3 is 2.96 bits per heavy atom. The Kier molecular flexibility index (Phi) is 3.56. The number of fused-ring (bicyclic) bond motifs is 1. The molecule has 1 saturated carbocycles. The Morgan fingerprint density at radius 2 is 2.08 bits per heavy atom. The van der Waals surface area contributed by atoms with Gasteiger partial charge in [-0.3, -0.25) is 4.79 Å². The Morgan fingerprint density at radius 1 is 1.19 bits per heavy atom. The summed E-state index contributed by atoms with van der Waals surface area (Å²) in [6.07, 6.45) is 2.35. The predicted octanol–water partition coefficient (Wildman–Crippen LogP) is 4.00. The van der Waals surface area contributed by atoms with Crippen molar-refractivity contribution in [2.24, 2.45) is 0 Å².